The molecule has 144 valence electrons. The number of pyridine rings is 1. The summed E-state index contributed by atoms with van der Waals surface area (Å²) in [5, 5.41) is 4.01. The molecule has 5 heteroatoms. The van der Waals surface area contributed by atoms with Gasteiger partial charge in [-0.3, -0.25) is 9.78 Å². The van der Waals surface area contributed by atoms with Gasteiger partial charge in [0.2, 0.25) is 5.91 Å². The Hall–Kier alpha value is -3.08. The smallest absolute Gasteiger partial charge is 0.244 e. The molecule has 1 aromatic carbocycles. The first-order valence-corrected chi connectivity index (χ1v) is 9.64. The largest absolute Gasteiger partial charge is 0.496 e. The van der Waals surface area contributed by atoms with Crippen LogP contribution >= 0.6 is 0 Å². The number of aromatic nitrogens is 1. The number of hydrogen-bond donors (Lipinski definition) is 1. The van der Waals surface area contributed by atoms with Gasteiger partial charge in [-0.15, -0.1) is 0 Å². The number of nitrogens with zero attached hydrogens (tertiary/aromatic N) is 1. The Morgan fingerprint density at radius 3 is 2.93 bits per heavy atom. The van der Waals surface area contributed by atoms with Crippen LogP contribution in [0.5, 0.6) is 5.75 Å². The van der Waals surface area contributed by atoms with Crippen molar-refractivity contribution in [3.63, 3.8) is 0 Å². The molecule has 4 rings (SSSR count). The lowest BCUT2D eigenvalue weighted by Gasteiger charge is -2.11. The maximum atomic E-state index is 12.4. The maximum absolute atomic E-state index is 12.4. The molecule has 1 aliphatic carbocycles. The third-order valence-corrected chi connectivity index (χ3v) is 5.22. The number of fused-ring (bicyclic) bond motifs is 3. The Bertz CT molecular complexity index is 1030. The summed E-state index contributed by atoms with van der Waals surface area (Å²) in [6.45, 7) is 2.32. The van der Waals surface area contributed by atoms with Crippen LogP contribution in [0.3, 0.4) is 0 Å². The number of ether oxygens (including phenoxy) is 1. The lowest BCUT2D eigenvalue weighted by Crippen LogP contribution is -2.21. The molecule has 0 saturated heterocycles. The molecule has 0 bridgehead atoms. The second-order valence-corrected chi connectivity index (χ2v) is 7.13. The van der Waals surface area contributed by atoms with Gasteiger partial charge in [0.15, 0.2) is 0 Å². The molecule has 0 fully saturated rings. The van der Waals surface area contributed by atoms with Crippen molar-refractivity contribution in [3.8, 4) is 5.75 Å². The number of furan rings is 1. The van der Waals surface area contributed by atoms with E-state index in [1.54, 1.807) is 19.4 Å². The third-order valence-electron chi connectivity index (χ3n) is 5.22. The summed E-state index contributed by atoms with van der Waals surface area (Å²) < 4.78 is 11.6. The Morgan fingerprint density at radius 2 is 2.14 bits per heavy atom. The minimum Gasteiger partial charge on any atom is -0.496 e. The summed E-state index contributed by atoms with van der Waals surface area (Å²) in [4.78, 5) is 16.6. The lowest BCUT2D eigenvalue weighted by atomic mass is 9.94. The van der Waals surface area contributed by atoms with Gasteiger partial charge in [-0.05, 0) is 50.0 Å². The molecular weight excluding hydrogens is 352 g/mol. The van der Waals surface area contributed by atoms with Crippen molar-refractivity contribution in [2.45, 2.75) is 39.2 Å². The Balaban J connectivity index is 1.61. The predicted octanol–water partition coefficient (Wildman–Crippen LogP) is 4.43. The van der Waals surface area contributed by atoms with Gasteiger partial charge in [-0.25, -0.2) is 0 Å². The van der Waals surface area contributed by atoms with Crippen LogP contribution in [0.2, 0.25) is 0 Å². The standard InChI is InChI=1S/C23H24N2O3/c1-15(11-23(26)25-14-16-7-5-6-10-24-16)18-12-19-17-8-3-4-9-20(17)28-22(19)13-21(18)27-2/h5-7,10-13H,3-4,8-9,14H2,1-2H3,(H,25,26)/b15-11+. The second kappa shape index (κ2) is 7.89. The zero-order valence-electron chi connectivity index (χ0n) is 16.2. The van der Waals surface area contributed by atoms with E-state index < -0.39 is 0 Å². The molecule has 2 heterocycles. The van der Waals surface area contributed by atoms with Gasteiger partial charge in [0.05, 0.1) is 19.3 Å². The number of carbonyl (C=O) groups is 1. The average molecular weight is 376 g/mol. The number of aryl methyl sites for hydroxylation is 2. The van der Waals surface area contributed by atoms with Crippen molar-refractivity contribution in [2.75, 3.05) is 7.11 Å². The van der Waals surface area contributed by atoms with Crippen molar-refractivity contribution < 1.29 is 13.9 Å². The summed E-state index contributed by atoms with van der Waals surface area (Å²) in [6.07, 6.45) is 7.72. The minimum atomic E-state index is -0.153. The van der Waals surface area contributed by atoms with Gasteiger partial charge >= 0.3 is 0 Å². The van der Waals surface area contributed by atoms with Crippen molar-refractivity contribution in [2.24, 2.45) is 0 Å². The molecule has 1 amide bonds. The summed E-state index contributed by atoms with van der Waals surface area (Å²) in [5.41, 5.74) is 4.75. The number of nitrogens with one attached hydrogen (secondary N) is 1. The molecule has 28 heavy (non-hydrogen) atoms. The van der Waals surface area contributed by atoms with Crippen molar-refractivity contribution >= 4 is 22.4 Å². The number of carbonyl (C=O) groups excluding carboxylic acids is 1. The fourth-order valence-electron chi connectivity index (χ4n) is 3.77. The number of benzene rings is 1. The van der Waals surface area contributed by atoms with Gasteiger partial charge in [0, 0.05) is 41.3 Å². The number of allylic oxidation sites excluding steroid dienone is 1. The summed E-state index contributed by atoms with van der Waals surface area (Å²) in [5.74, 6) is 1.65. The number of amides is 1. The van der Waals surface area contributed by atoms with Crippen molar-refractivity contribution in [1.82, 2.24) is 10.3 Å². The van der Waals surface area contributed by atoms with Crippen LogP contribution in [-0.4, -0.2) is 18.0 Å². The van der Waals surface area contributed by atoms with E-state index in [1.165, 1.54) is 18.4 Å². The Morgan fingerprint density at radius 1 is 1.29 bits per heavy atom. The number of rotatable bonds is 5. The van der Waals surface area contributed by atoms with Crippen LogP contribution in [0.1, 0.15) is 42.3 Å². The third kappa shape index (κ3) is 3.65. The summed E-state index contributed by atoms with van der Waals surface area (Å²) in [6, 6.07) is 9.68. The Kier molecular flexibility index (Phi) is 5.15. The molecule has 0 aliphatic heterocycles. The summed E-state index contributed by atoms with van der Waals surface area (Å²) >= 11 is 0. The van der Waals surface area contributed by atoms with Crippen LogP contribution < -0.4 is 10.1 Å². The van der Waals surface area contributed by atoms with Gasteiger partial charge in [-0.1, -0.05) is 6.07 Å². The molecule has 0 unspecified atom stereocenters. The molecule has 0 radical (unpaired) electrons. The highest BCUT2D eigenvalue weighted by Gasteiger charge is 2.20. The highest BCUT2D eigenvalue weighted by molar-refractivity contribution is 5.97. The molecule has 0 saturated carbocycles. The first-order valence-electron chi connectivity index (χ1n) is 9.64. The first-order chi connectivity index (χ1) is 13.7. The van der Waals surface area contributed by atoms with Gasteiger partial charge in [0.1, 0.15) is 17.1 Å². The molecule has 3 aromatic rings. The van der Waals surface area contributed by atoms with E-state index >= 15 is 0 Å². The van der Waals surface area contributed by atoms with Crippen LogP contribution in [0.15, 0.2) is 47.0 Å². The lowest BCUT2D eigenvalue weighted by molar-refractivity contribution is -0.116. The SMILES string of the molecule is COc1cc2oc3c(c2cc1/C(C)=C/C(=O)NCc1ccccn1)CCCC3. The van der Waals surface area contributed by atoms with E-state index in [2.05, 4.69) is 16.4 Å². The van der Waals surface area contributed by atoms with Gasteiger partial charge in [-0.2, -0.15) is 0 Å². The first kappa shape index (κ1) is 18.3. The molecule has 0 spiro atoms. The fourth-order valence-corrected chi connectivity index (χ4v) is 3.77. The second-order valence-electron chi connectivity index (χ2n) is 7.13. The Labute approximate surface area is 164 Å². The van der Waals surface area contributed by atoms with E-state index in [-0.39, 0.29) is 5.91 Å². The minimum absolute atomic E-state index is 0.153. The van der Waals surface area contributed by atoms with E-state index in [1.807, 2.05) is 31.2 Å². The van der Waals surface area contributed by atoms with Gasteiger partial charge < -0.3 is 14.5 Å². The van der Waals surface area contributed by atoms with Crippen LogP contribution in [0.25, 0.3) is 16.5 Å². The number of methoxy groups -OCH3 is 1. The molecule has 5 nitrogen and oxygen atoms in total. The van der Waals surface area contributed by atoms with Crippen molar-refractivity contribution in [3.05, 3.63) is 65.2 Å². The predicted molar refractivity (Wildman–Crippen MR) is 109 cm³/mol. The van der Waals surface area contributed by atoms with Crippen molar-refractivity contribution in [1.29, 1.82) is 0 Å². The van der Waals surface area contributed by atoms with Crippen LogP contribution in [0, 0.1) is 0 Å². The molecule has 0 atom stereocenters. The fraction of sp³-hybridized carbons (Fsp3) is 0.304. The molecule has 2 aromatic heterocycles. The van der Waals surface area contributed by atoms with Crippen LogP contribution in [0.4, 0.5) is 0 Å². The quantitative estimate of drug-likeness (QED) is 0.669. The molecular formula is C23H24N2O3. The zero-order valence-corrected chi connectivity index (χ0v) is 16.2. The topological polar surface area (TPSA) is 64.4 Å². The highest BCUT2D eigenvalue weighted by Crippen LogP contribution is 2.37. The molecule has 1 aliphatic rings. The van der Waals surface area contributed by atoms with Crippen LogP contribution in [-0.2, 0) is 24.2 Å². The molecule has 1 N–H and O–H groups in total. The van der Waals surface area contributed by atoms with Gasteiger partial charge in [0.25, 0.3) is 0 Å². The zero-order chi connectivity index (χ0) is 19.5. The van der Waals surface area contributed by atoms with E-state index in [0.29, 0.717) is 12.3 Å². The normalized spacial score (nSPS) is 14.0. The number of hydrogen-bond acceptors (Lipinski definition) is 4. The van der Waals surface area contributed by atoms with E-state index in [4.69, 9.17) is 9.15 Å². The maximum Gasteiger partial charge on any atom is 0.244 e. The monoisotopic (exact) mass is 376 g/mol. The van der Waals surface area contributed by atoms with E-state index in [0.717, 1.165) is 46.4 Å². The summed E-state index contributed by atoms with van der Waals surface area (Å²) in [7, 11) is 1.64. The average Bonchev–Trinajstić information content (AvgIpc) is 3.09. The van der Waals surface area contributed by atoms with E-state index in [9.17, 15) is 4.79 Å². The highest BCUT2D eigenvalue weighted by atomic mass is 16.5.